The lowest BCUT2D eigenvalue weighted by Gasteiger charge is -2.29. The number of nitrogens with two attached hydrogens (primary N) is 1. The lowest BCUT2D eigenvalue weighted by molar-refractivity contribution is 0.297. The first-order chi connectivity index (χ1) is 14.2. The van der Waals surface area contributed by atoms with E-state index in [4.69, 9.17) is 15.7 Å². The molecule has 1 saturated carbocycles. The molecule has 150 valence electrons. The number of aromatic amines is 1. The zero-order chi connectivity index (χ0) is 19.4. The highest BCUT2D eigenvalue weighted by Crippen LogP contribution is 2.45. The second-order valence-electron chi connectivity index (χ2n) is 8.73. The van der Waals surface area contributed by atoms with E-state index >= 15 is 0 Å². The predicted molar refractivity (Wildman–Crippen MR) is 112 cm³/mol. The number of H-pyrrole nitrogens is 1. The number of fused-ring (bicyclic) bond motifs is 2. The summed E-state index contributed by atoms with van der Waals surface area (Å²) in [4.78, 5) is 18.7. The fraction of sp³-hybridized carbons (Fsp3) is 0.524. The van der Waals surface area contributed by atoms with Crippen LogP contribution in [0.2, 0.25) is 0 Å². The fourth-order valence-corrected chi connectivity index (χ4v) is 5.50. The molecule has 1 spiro atoms. The number of hydrogen-bond acceptors (Lipinski definition) is 7. The first-order valence-electron chi connectivity index (χ1n) is 10.7. The van der Waals surface area contributed by atoms with Gasteiger partial charge < -0.3 is 15.5 Å². The van der Waals surface area contributed by atoms with E-state index in [2.05, 4.69) is 31.0 Å². The van der Waals surface area contributed by atoms with Gasteiger partial charge in [0.25, 0.3) is 0 Å². The topological polar surface area (TPSA) is 99.9 Å². The number of pyridine rings is 1. The average Bonchev–Trinajstić information content (AvgIpc) is 3.47. The Balaban J connectivity index is 1.32. The van der Waals surface area contributed by atoms with Gasteiger partial charge in [-0.1, -0.05) is 6.42 Å². The van der Waals surface area contributed by atoms with Crippen molar-refractivity contribution in [2.24, 2.45) is 11.1 Å². The van der Waals surface area contributed by atoms with E-state index in [1.165, 1.54) is 12.8 Å². The molecule has 0 amide bonds. The van der Waals surface area contributed by atoms with Crippen molar-refractivity contribution in [2.75, 3.05) is 29.4 Å². The molecule has 5 heterocycles. The van der Waals surface area contributed by atoms with E-state index in [-0.39, 0.29) is 5.41 Å². The van der Waals surface area contributed by atoms with Gasteiger partial charge in [0.15, 0.2) is 17.0 Å². The van der Waals surface area contributed by atoms with E-state index in [1.807, 2.05) is 18.5 Å². The standard InChI is InChI=1S/C21H26N8/c22-16-6-1-7-21(16)8-11-28(13-21)17-12-24-18-19(25-17)26-27-20(18)29-10-3-4-14-15(29)5-2-9-23-14/h2,5,9,12,16H,1,3-4,6-8,10-11,13,22H2,(H,25,26,27)/t16-,21-/m1/s1. The van der Waals surface area contributed by atoms with Gasteiger partial charge in [-0.15, -0.1) is 0 Å². The molecule has 1 aliphatic carbocycles. The summed E-state index contributed by atoms with van der Waals surface area (Å²) in [7, 11) is 0. The number of aryl methyl sites for hydroxylation is 1. The summed E-state index contributed by atoms with van der Waals surface area (Å²) in [6.07, 6.45) is 10.6. The molecule has 0 radical (unpaired) electrons. The highest BCUT2D eigenvalue weighted by Gasteiger charge is 2.46. The Morgan fingerprint density at radius 3 is 3.03 bits per heavy atom. The Morgan fingerprint density at radius 2 is 2.14 bits per heavy atom. The van der Waals surface area contributed by atoms with Crippen LogP contribution in [-0.4, -0.2) is 50.8 Å². The van der Waals surface area contributed by atoms with Crippen LogP contribution in [0.3, 0.4) is 0 Å². The van der Waals surface area contributed by atoms with Crippen molar-refractivity contribution < 1.29 is 0 Å². The van der Waals surface area contributed by atoms with Crippen LogP contribution in [0.1, 0.15) is 37.8 Å². The zero-order valence-electron chi connectivity index (χ0n) is 16.5. The normalized spacial score (nSPS) is 26.6. The van der Waals surface area contributed by atoms with Gasteiger partial charge in [-0.05, 0) is 44.2 Å². The second-order valence-corrected chi connectivity index (χ2v) is 8.73. The van der Waals surface area contributed by atoms with Gasteiger partial charge >= 0.3 is 0 Å². The number of rotatable bonds is 2. The molecule has 1 saturated heterocycles. The second kappa shape index (κ2) is 6.38. The third-order valence-electron chi connectivity index (χ3n) is 7.13. The molecule has 6 rings (SSSR count). The maximum Gasteiger partial charge on any atom is 0.183 e. The van der Waals surface area contributed by atoms with Crippen molar-refractivity contribution in [2.45, 2.75) is 44.6 Å². The molecule has 8 nitrogen and oxygen atoms in total. The molecule has 0 bridgehead atoms. The van der Waals surface area contributed by atoms with Gasteiger partial charge in [0, 0.05) is 37.3 Å². The van der Waals surface area contributed by atoms with Crippen LogP contribution in [-0.2, 0) is 6.42 Å². The highest BCUT2D eigenvalue weighted by molar-refractivity contribution is 5.87. The summed E-state index contributed by atoms with van der Waals surface area (Å²) >= 11 is 0. The molecule has 2 atom stereocenters. The molecule has 3 aromatic heterocycles. The third-order valence-corrected chi connectivity index (χ3v) is 7.13. The van der Waals surface area contributed by atoms with Crippen molar-refractivity contribution in [3.8, 4) is 0 Å². The zero-order valence-corrected chi connectivity index (χ0v) is 16.5. The summed E-state index contributed by atoms with van der Waals surface area (Å²) in [5.74, 6) is 1.76. The molecule has 8 heteroatoms. The Morgan fingerprint density at radius 1 is 1.17 bits per heavy atom. The van der Waals surface area contributed by atoms with Crippen LogP contribution >= 0.6 is 0 Å². The van der Waals surface area contributed by atoms with Gasteiger partial charge in [0.05, 0.1) is 17.6 Å². The Labute approximate surface area is 169 Å². The van der Waals surface area contributed by atoms with Crippen molar-refractivity contribution >= 4 is 28.5 Å². The van der Waals surface area contributed by atoms with Crippen LogP contribution < -0.4 is 15.5 Å². The summed E-state index contributed by atoms with van der Waals surface area (Å²) in [5.41, 5.74) is 10.5. The largest absolute Gasteiger partial charge is 0.355 e. The van der Waals surface area contributed by atoms with Crippen molar-refractivity contribution in [1.29, 1.82) is 0 Å². The highest BCUT2D eigenvalue weighted by atomic mass is 15.3. The van der Waals surface area contributed by atoms with Gasteiger partial charge in [-0.2, -0.15) is 5.10 Å². The van der Waals surface area contributed by atoms with Gasteiger partial charge in [0.1, 0.15) is 5.82 Å². The third kappa shape index (κ3) is 2.62. The summed E-state index contributed by atoms with van der Waals surface area (Å²) in [6.45, 7) is 2.90. The Hall–Kier alpha value is -2.74. The monoisotopic (exact) mass is 390 g/mol. The maximum atomic E-state index is 6.44. The van der Waals surface area contributed by atoms with Crippen LogP contribution in [0.25, 0.3) is 11.2 Å². The first-order valence-corrected chi connectivity index (χ1v) is 10.7. The molecule has 2 aliphatic heterocycles. The first kappa shape index (κ1) is 17.1. The minimum atomic E-state index is 0.264. The molecule has 0 unspecified atom stereocenters. The van der Waals surface area contributed by atoms with Gasteiger partial charge in [-0.3, -0.25) is 10.1 Å². The number of hydrogen-bond donors (Lipinski definition) is 2. The van der Waals surface area contributed by atoms with E-state index < -0.39 is 0 Å². The number of anilines is 3. The summed E-state index contributed by atoms with van der Waals surface area (Å²) < 4.78 is 0. The molecular formula is C21H26N8. The maximum absolute atomic E-state index is 6.44. The number of aromatic nitrogens is 5. The summed E-state index contributed by atoms with van der Waals surface area (Å²) in [6, 6.07) is 4.40. The minimum Gasteiger partial charge on any atom is -0.355 e. The van der Waals surface area contributed by atoms with E-state index in [0.29, 0.717) is 6.04 Å². The smallest absolute Gasteiger partial charge is 0.183 e. The van der Waals surface area contributed by atoms with Gasteiger partial charge in [-0.25, -0.2) is 9.97 Å². The minimum absolute atomic E-state index is 0.264. The summed E-state index contributed by atoms with van der Waals surface area (Å²) in [5, 5.41) is 7.69. The van der Waals surface area contributed by atoms with Crippen LogP contribution in [0.5, 0.6) is 0 Å². The van der Waals surface area contributed by atoms with Crippen molar-refractivity contribution in [1.82, 2.24) is 25.1 Å². The Kier molecular flexibility index (Phi) is 3.77. The molecule has 3 aromatic rings. The lowest BCUT2D eigenvalue weighted by atomic mass is 9.82. The molecule has 29 heavy (non-hydrogen) atoms. The fourth-order valence-electron chi connectivity index (χ4n) is 5.50. The molecule has 0 aromatic carbocycles. The van der Waals surface area contributed by atoms with Crippen LogP contribution in [0, 0.1) is 5.41 Å². The van der Waals surface area contributed by atoms with E-state index in [1.54, 1.807) is 0 Å². The quantitative estimate of drug-likeness (QED) is 0.693. The molecule has 3 aliphatic rings. The molecule has 3 N–H and O–H groups in total. The van der Waals surface area contributed by atoms with Crippen LogP contribution in [0.15, 0.2) is 24.5 Å². The van der Waals surface area contributed by atoms with E-state index in [0.717, 1.165) is 79.5 Å². The van der Waals surface area contributed by atoms with Crippen molar-refractivity contribution in [3.63, 3.8) is 0 Å². The average molecular weight is 390 g/mol. The molecular weight excluding hydrogens is 364 g/mol. The number of nitrogens with one attached hydrogen (secondary N) is 1. The van der Waals surface area contributed by atoms with E-state index in [9.17, 15) is 0 Å². The molecule has 2 fully saturated rings. The predicted octanol–water partition coefficient (Wildman–Crippen LogP) is 2.54. The number of nitrogens with zero attached hydrogens (tertiary/aromatic N) is 6. The Bertz CT molecular complexity index is 1060. The van der Waals surface area contributed by atoms with Gasteiger partial charge in [0.2, 0.25) is 0 Å². The van der Waals surface area contributed by atoms with Crippen molar-refractivity contribution in [3.05, 3.63) is 30.2 Å². The SMILES string of the molecule is N[C@@H]1CCC[C@]12CCN(c1cnc3c(N4CCCc5ncccc54)n[nH]c3n1)C2. The van der Waals surface area contributed by atoms with Crippen LogP contribution in [0.4, 0.5) is 17.3 Å². The lowest BCUT2D eigenvalue weighted by Crippen LogP contribution is -2.39.